The molecule has 1 aliphatic carbocycles. The van der Waals surface area contributed by atoms with Crippen LogP contribution in [-0.4, -0.2) is 13.1 Å². The van der Waals surface area contributed by atoms with Crippen molar-refractivity contribution in [3.05, 3.63) is 0 Å². The fourth-order valence-electron chi connectivity index (χ4n) is 3.00. The molecule has 1 fully saturated rings. The SMILES string of the molecule is CC(C)[Si](O)(C(C)C)C1CCCC1. The van der Waals surface area contributed by atoms with Gasteiger partial charge in [0.2, 0.25) is 0 Å². The summed E-state index contributed by atoms with van der Waals surface area (Å²) in [7, 11) is -1.97. The van der Waals surface area contributed by atoms with Gasteiger partial charge in [0.1, 0.15) is 0 Å². The minimum absolute atomic E-state index is 0.524. The first-order valence-electron chi connectivity index (χ1n) is 5.72. The van der Waals surface area contributed by atoms with Crippen LogP contribution in [0.3, 0.4) is 0 Å². The Morgan fingerprint density at radius 2 is 1.38 bits per heavy atom. The zero-order valence-corrected chi connectivity index (χ0v) is 10.5. The topological polar surface area (TPSA) is 20.2 Å². The fourth-order valence-corrected chi connectivity index (χ4v) is 7.55. The molecule has 78 valence electrons. The van der Waals surface area contributed by atoms with Gasteiger partial charge < -0.3 is 4.80 Å². The molecule has 0 radical (unpaired) electrons. The first-order valence-corrected chi connectivity index (χ1v) is 7.89. The van der Waals surface area contributed by atoms with Crippen molar-refractivity contribution in [2.45, 2.75) is 70.0 Å². The molecule has 1 rings (SSSR count). The van der Waals surface area contributed by atoms with Crippen molar-refractivity contribution in [1.29, 1.82) is 0 Å². The summed E-state index contributed by atoms with van der Waals surface area (Å²) in [6, 6.07) is 0. The van der Waals surface area contributed by atoms with Gasteiger partial charge in [0.05, 0.1) is 0 Å². The van der Waals surface area contributed by atoms with E-state index in [1.165, 1.54) is 25.7 Å². The molecule has 0 spiro atoms. The van der Waals surface area contributed by atoms with Gasteiger partial charge in [0.25, 0.3) is 0 Å². The van der Waals surface area contributed by atoms with Gasteiger partial charge in [-0.1, -0.05) is 53.4 Å². The van der Waals surface area contributed by atoms with Gasteiger partial charge in [0.15, 0.2) is 8.32 Å². The van der Waals surface area contributed by atoms with Crippen molar-refractivity contribution < 1.29 is 4.80 Å². The average molecular weight is 200 g/mol. The van der Waals surface area contributed by atoms with Gasteiger partial charge in [-0.25, -0.2) is 0 Å². The quantitative estimate of drug-likeness (QED) is 0.689. The van der Waals surface area contributed by atoms with Crippen molar-refractivity contribution in [2.75, 3.05) is 0 Å². The lowest BCUT2D eigenvalue weighted by atomic mass is 10.4. The third kappa shape index (κ3) is 1.99. The standard InChI is InChI=1S/C11H24OSi/c1-9(2)13(12,10(3)4)11-7-5-6-8-11/h9-12H,5-8H2,1-4H3. The molecular formula is C11H24OSi. The minimum Gasteiger partial charge on any atom is -0.431 e. The van der Waals surface area contributed by atoms with Crippen LogP contribution in [0.25, 0.3) is 0 Å². The molecule has 0 aromatic heterocycles. The maximum absolute atomic E-state index is 10.8. The highest BCUT2D eigenvalue weighted by Gasteiger charge is 2.46. The average Bonchev–Trinajstić information content (AvgIpc) is 2.54. The summed E-state index contributed by atoms with van der Waals surface area (Å²) in [5.74, 6) is 0. The maximum atomic E-state index is 10.8. The zero-order valence-electron chi connectivity index (χ0n) is 9.51. The Morgan fingerprint density at radius 3 is 1.69 bits per heavy atom. The second-order valence-electron chi connectivity index (χ2n) is 5.18. The number of hydrogen-bond acceptors (Lipinski definition) is 1. The Balaban J connectivity index is 2.76. The lowest BCUT2D eigenvalue weighted by molar-refractivity contribution is 0.462. The zero-order chi connectivity index (χ0) is 10.1. The number of hydrogen-bond donors (Lipinski definition) is 1. The molecule has 1 nitrogen and oxygen atoms in total. The summed E-state index contributed by atoms with van der Waals surface area (Å²) >= 11 is 0. The molecule has 0 atom stereocenters. The Labute approximate surface area is 83.7 Å². The van der Waals surface area contributed by atoms with E-state index in [0.717, 1.165) is 0 Å². The minimum atomic E-state index is -1.97. The number of rotatable bonds is 3. The van der Waals surface area contributed by atoms with Crippen LogP contribution >= 0.6 is 0 Å². The monoisotopic (exact) mass is 200 g/mol. The van der Waals surface area contributed by atoms with E-state index < -0.39 is 8.32 Å². The van der Waals surface area contributed by atoms with Gasteiger partial charge in [-0.05, 0) is 16.6 Å². The van der Waals surface area contributed by atoms with Crippen molar-refractivity contribution >= 4 is 8.32 Å². The van der Waals surface area contributed by atoms with Crippen molar-refractivity contribution in [1.82, 2.24) is 0 Å². The molecule has 0 saturated heterocycles. The van der Waals surface area contributed by atoms with Gasteiger partial charge in [-0.3, -0.25) is 0 Å². The molecule has 2 heteroatoms. The second kappa shape index (κ2) is 4.14. The molecule has 1 N–H and O–H groups in total. The molecule has 0 aromatic carbocycles. The second-order valence-corrected chi connectivity index (χ2v) is 10.1. The molecular weight excluding hydrogens is 176 g/mol. The van der Waals surface area contributed by atoms with E-state index in [4.69, 9.17) is 0 Å². The van der Waals surface area contributed by atoms with E-state index in [0.29, 0.717) is 16.6 Å². The van der Waals surface area contributed by atoms with E-state index in [-0.39, 0.29) is 0 Å². The van der Waals surface area contributed by atoms with Gasteiger partial charge in [0, 0.05) is 0 Å². The molecule has 1 aliphatic rings. The first kappa shape index (κ1) is 11.3. The summed E-state index contributed by atoms with van der Waals surface area (Å²) < 4.78 is 0. The maximum Gasteiger partial charge on any atom is 0.196 e. The molecule has 1 saturated carbocycles. The fraction of sp³-hybridized carbons (Fsp3) is 1.00. The largest absolute Gasteiger partial charge is 0.431 e. The Bertz CT molecular complexity index is 151. The van der Waals surface area contributed by atoms with Crippen molar-refractivity contribution in [3.8, 4) is 0 Å². The highest BCUT2D eigenvalue weighted by Crippen LogP contribution is 2.47. The molecule has 0 amide bonds. The van der Waals surface area contributed by atoms with E-state index in [1.807, 2.05) is 0 Å². The van der Waals surface area contributed by atoms with Gasteiger partial charge >= 0.3 is 0 Å². The molecule has 0 heterocycles. The van der Waals surface area contributed by atoms with Crippen LogP contribution in [0.15, 0.2) is 0 Å². The molecule has 0 unspecified atom stereocenters. The van der Waals surface area contributed by atoms with Crippen molar-refractivity contribution in [3.63, 3.8) is 0 Å². The lowest BCUT2D eigenvalue weighted by Crippen LogP contribution is -2.45. The first-order chi connectivity index (χ1) is 5.99. The van der Waals surface area contributed by atoms with Crippen LogP contribution < -0.4 is 0 Å². The van der Waals surface area contributed by atoms with Crippen molar-refractivity contribution in [2.24, 2.45) is 0 Å². The van der Waals surface area contributed by atoms with Crippen LogP contribution in [0.5, 0.6) is 0 Å². The van der Waals surface area contributed by atoms with Crippen LogP contribution in [0, 0.1) is 0 Å². The third-order valence-electron chi connectivity index (χ3n) is 3.86. The summed E-state index contributed by atoms with van der Waals surface area (Å²) in [4.78, 5) is 10.8. The predicted molar refractivity (Wildman–Crippen MR) is 60.4 cm³/mol. The molecule has 0 aromatic rings. The van der Waals surface area contributed by atoms with Crippen LogP contribution in [-0.2, 0) is 0 Å². The Morgan fingerprint density at radius 1 is 1.00 bits per heavy atom. The summed E-state index contributed by atoms with van der Waals surface area (Å²) in [5, 5.41) is 0. The van der Waals surface area contributed by atoms with E-state index in [9.17, 15) is 4.80 Å². The molecule has 0 aliphatic heterocycles. The van der Waals surface area contributed by atoms with Crippen LogP contribution in [0.1, 0.15) is 53.4 Å². The van der Waals surface area contributed by atoms with E-state index in [2.05, 4.69) is 27.7 Å². The van der Waals surface area contributed by atoms with E-state index in [1.54, 1.807) is 0 Å². The van der Waals surface area contributed by atoms with Crippen LogP contribution in [0.2, 0.25) is 16.6 Å². The van der Waals surface area contributed by atoms with Gasteiger partial charge in [-0.15, -0.1) is 0 Å². The highest BCUT2D eigenvalue weighted by atomic mass is 28.4. The third-order valence-corrected chi connectivity index (χ3v) is 9.44. The smallest absolute Gasteiger partial charge is 0.196 e. The summed E-state index contributed by atoms with van der Waals surface area (Å²) in [6.45, 7) is 8.85. The highest BCUT2D eigenvalue weighted by molar-refractivity contribution is 6.76. The Kier molecular flexibility index (Phi) is 3.58. The summed E-state index contributed by atoms with van der Waals surface area (Å²) in [6.07, 6.45) is 5.27. The molecule has 13 heavy (non-hydrogen) atoms. The van der Waals surface area contributed by atoms with Crippen LogP contribution in [0.4, 0.5) is 0 Å². The normalized spacial score (nSPS) is 20.5. The molecule has 0 bridgehead atoms. The van der Waals surface area contributed by atoms with E-state index >= 15 is 0 Å². The predicted octanol–water partition coefficient (Wildman–Crippen LogP) is 3.69. The summed E-state index contributed by atoms with van der Waals surface area (Å²) in [5.41, 5.74) is 1.73. The lowest BCUT2D eigenvalue weighted by Gasteiger charge is -2.38. The Hall–Kier alpha value is 0.177. The van der Waals surface area contributed by atoms with Gasteiger partial charge in [-0.2, -0.15) is 0 Å².